The molecule has 0 N–H and O–H groups in total. The molecule has 1 nitrogen and oxygen atoms in total. The van der Waals surface area contributed by atoms with E-state index in [0.717, 1.165) is 11.8 Å². The number of rotatable bonds is 4. The van der Waals surface area contributed by atoms with Crippen molar-refractivity contribution in [1.82, 2.24) is 4.90 Å². The van der Waals surface area contributed by atoms with Crippen LogP contribution in [0.3, 0.4) is 0 Å². The van der Waals surface area contributed by atoms with Crippen LogP contribution in [-0.2, 0) is 0 Å². The summed E-state index contributed by atoms with van der Waals surface area (Å²) in [4.78, 5) is 2.30. The molecule has 1 heteroatoms. The van der Waals surface area contributed by atoms with E-state index in [0.29, 0.717) is 6.04 Å². The van der Waals surface area contributed by atoms with Crippen LogP contribution in [0.15, 0.2) is 0 Å². The fourth-order valence-corrected chi connectivity index (χ4v) is 1.32. The van der Waals surface area contributed by atoms with E-state index in [2.05, 4.69) is 46.7 Å². The third kappa shape index (κ3) is 3.24. The zero-order valence-corrected chi connectivity index (χ0v) is 8.89. The Morgan fingerprint density at radius 2 is 1.55 bits per heavy atom. The molecule has 0 aliphatic carbocycles. The van der Waals surface area contributed by atoms with E-state index < -0.39 is 0 Å². The molecule has 0 bridgehead atoms. The summed E-state index contributed by atoms with van der Waals surface area (Å²) in [6, 6.07) is 0.699. The molecule has 0 spiro atoms. The summed E-state index contributed by atoms with van der Waals surface area (Å²) in [6.45, 7) is 9.25. The van der Waals surface area contributed by atoms with E-state index in [1.54, 1.807) is 0 Å². The summed E-state index contributed by atoms with van der Waals surface area (Å²) in [5.74, 6) is 1.64. The van der Waals surface area contributed by atoms with E-state index in [4.69, 9.17) is 0 Å². The second-order valence-electron chi connectivity index (χ2n) is 3.95. The maximum atomic E-state index is 2.35. The first-order valence-electron chi connectivity index (χ1n) is 4.67. The lowest BCUT2D eigenvalue weighted by molar-refractivity contribution is 0.188. The molecule has 0 saturated heterocycles. The van der Waals surface area contributed by atoms with Gasteiger partial charge in [0.15, 0.2) is 0 Å². The maximum absolute atomic E-state index is 2.35. The Bertz CT molecular complexity index is 99.0. The van der Waals surface area contributed by atoms with Crippen molar-refractivity contribution >= 4 is 0 Å². The van der Waals surface area contributed by atoms with Crippen LogP contribution < -0.4 is 0 Å². The Balaban J connectivity index is 3.90. The molecule has 11 heavy (non-hydrogen) atoms. The van der Waals surface area contributed by atoms with Crippen molar-refractivity contribution in [3.63, 3.8) is 0 Å². The molecule has 0 amide bonds. The van der Waals surface area contributed by atoms with E-state index in [-0.39, 0.29) is 0 Å². The molecule has 0 heterocycles. The normalized spacial score (nSPS) is 19.9. The van der Waals surface area contributed by atoms with Gasteiger partial charge in [0.05, 0.1) is 0 Å². The highest BCUT2D eigenvalue weighted by Gasteiger charge is 2.18. The molecule has 0 fully saturated rings. The first-order valence-corrected chi connectivity index (χ1v) is 4.67. The predicted molar refractivity (Wildman–Crippen MR) is 51.8 cm³/mol. The average Bonchev–Trinajstić information content (AvgIpc) is 2.00. The fraction of sp³-hybridized carbons (Fsp3) is 1.00. The van der Waals surface area contributed by atoms with E-state index >= 15 is 0 Å². The van der Waals surface area contributed by atoms with Crippen LogP contribution in [0, 0.1) is 11.8 Å². The molecule has 0 aliphatic heterocycles. The monoisotopic (exact) mass is 157 g/mol. The third-order valence-corrected chi connectivity index (χ3v) is 3.12. The molecule has 0 aromatic heterocycles. The summed E-state index contributed by atoms with van der Waals surface area (Å²) in [5, 5.41) is 0. The van der Waals surface area contributed by atoms with Gasteiger partial charge in [-0.25, -0.2) is 0 Å². The highest BCUT2D eigenvalue weighted by atomic mass is 15.1. The van der Waals surface area contributed by atoms with Crippen LogP contribution in [-0.4, -0.2) is 25.0 Å². The van der Waals surface area contributed by atoms with Crippen molar-refractivity contribution in [1.29, 1.82) is 0 Å². The SMILES string of the molecule is CCC(C)C(C)C(C)N(C)C. The van der Waals surface area contributed by atoms with Crippen molar-refractivity contribution in [2.75, 3.05) is 14.1 Å². The van der Waals surface area contributed by atoms with Gasteiger partial charge in [-0.15, -0.1) is 0 Å². The summed E-state index contributed by atoms with van der Waals surface area (Å²) in [6.07, 6.45) is 1.29. The summed E-state index contributed by atoms with van der Waals surface area (Å²) in [5.41, 5.74) is 0. The van der Waals surface area contributed by atoms with Gasteiger partial charge in [0.1, 0.15) is 0 Å². The Morgan fingerprint density at radius 3 is 1.82 bits per heavy atom. The van der Waals surface area contributed by atoms with Gasteiger partial charge in [0, 0.05) is 6.04 Å². The van der Waals surface area contributed by atoms with Crippen LogP contribution >= 0.6 is 0 Å². The largest absolute Gasteiger partial charge is 0.306 e. The molecule has 3 unspecified atom stereocenters. The van der Waals surface area contributed by atoms with Crippen molar-refractivity contribution in [2.45, 2.75) is 40.2 Å². The minimum Gasteiger partial charge on any atom is -0.306 e. The zero-order valence-electron chi connectivity index (χ0n) is 8.89. The molecule has 0 rings (SSSR count). The highest BCUT2D eigenvalue weighted by Crippen LogP contribution is 2.20. The highest BCUT2D eigenvalue weighted by molar-refractivity contribution is 4.71. The molecule has 0 saturated carbocycles. The van der Waals surface area contributed by atoms with Gasteiger partial charge in [-0.3, -0.25) is 0 Å². The van der Waals surface area contributed by atoms with Crippen molar-refractivity contribution in [3.8, 4) is 0 Å². The number of nitrogens with zero attached hydrogens (tertiary/aromatic N) is 1. The second-order valence-corrected chi connectivity index (χ2v) is 3.95. The smallest absolute Gasteiger partial charge is 0.00890 e. The minimum absolute atomic E-state index is 0.699. The third-order valence-electron chi connectivity index (χ3n) is 3.12. The molecule has 68 valence electrons. The van der Waals surface area contributed by atoms with Gasteiger partial charge < -0.3 is 4.90 Å². The zero-order chi connectivity index (χ0) is 9.02. The van der Waals surface area contributed by atoms with Gasteiger partial charge in [0.25, 0.3) is 0 Å². The molecule has 0 aromatic carbocycles. The summed E-state index contributed by atoms with van der Waals surface area (Å²) >= 11 is 0. The van der Waals surface area contributed by atoms with E-state index in [9.17, 15) is 0 Å². The molecule has 3 atom stereocenters. The number of hydrogen-bond donors (Lipinski definition) is 0. The van der Waals surface area contributed by atoms with Crippen molar-refractivity contribution in [3.05, 3.63) is 0 Å². The van der Waals surface area contributed by atoms with Crippen LogP contribution in [0.1, 0.15) is 34.1 Å². The Kier molecular flexibility index (Phi) is 4.74. The van der Waals surface area contributed by atoms with Gasteiger partial charge in [0.2, 0.25) is 0 Å². The molecule has 0 radical (unpaired) electrons. The lowest BCUT2D eigenvalue weighted by Crippen LogP contribution is -2.34. The standard InChI is InChI=1S/C10H23N/c1-7-8(2)9(3)10(4)11(5)6/h8-10H,7H2,1-6H3. The molecular formula is C10H23N. The van der Waals surface area contributed by atoms with Gasteiger partial charge in [-0.2, -0.15) is 0 Å². The summed E-state index contributed by atoms with van der Waals surface area (Å²) < 4.78 is 0. The topological polar surface area (TPSA) is 3.24 Å². The van der Waals surface area contributed by atoms with Crippen LogP contribution in [0.2, 0.25) is 0 Å². The fourth-order valence-electron chi connectivity index (χ4n) is 1.32. The molecular weight excluding hydrogens is 134 g/mol. The van der Waals surface area contributed by atoms with Gasteiger partial charge in [-0.1, -0.05) is 27.2 Å². The van der Waals surface area contributed by atoms with Gasteiger partial charge in [-0.05, 0) is 32.9 Å². The molecule has 0 aromatic rings. The lowest BCUT2D eigenvalue weighted by atomic mass is 9.87. The van der Waals surface area contributed by atoms with Crippen molar-refractivity contribution in [2.24, 2.45) is 11.8 Å². The van der Waals surface area contributed by atoms with Crippen LogP contribution in [0.4, 0.5) is 0 Å². The minimum atomic E-state index is 0.699. The van der Waals surface area contributed by atoms with Crippen molar-refractivity contribution < 1.29 is 0 Å². The Hall–Kier alpha value is -0.0400. The van der Waals surface area contributed by atoms with E-state index in [1.165, 1.54) is 6.42 Å². The number of hydrogen-bond acceptors (Lipinski definition) is 1. The predicted octanol–water partition coefficient (Wildman–Crippen LogP) is 2.62. The molecule has 0 aliphatic rings. The Morgan fingerprint density at radius 1 is 1.09 bits per heavy atom. The Labute approximate surface area is 71.8 Å². The van der Waals surface area contributed by atoms with Gasteiger partial charge >= 0.3 is 0 Å². The lowest BCUT2D eigenvalue weighted by Gasteiger charge is -2.30. The van der Waals surface area contributed by atoms with Crippen LogP contribution in [0.25, 0.3) is 0 Å². The summed E-state index contributed by atoms with van der Waals surface area (Å²) in [7, 11) is 4.31. The first kappa shape index (κ1) is 11.0. The second kappa shape index (κ2) is 4.76. The van der Waals surface area contributed by atoms with E-state index in [1.807, 2.05) is 0 Å². The maximum Gasteiger partial charge on any atom is 0.00890 e. The average molecular weight is 157 g/mol. The quantitative estimate of drug-likeness (QED) is 0.606. The first-order chi connectivity index (χ1) is 5.00. The van der Waals surface area contributed by atoms with Crippen LogP contribution in [0.5, 0.6) is 0 Å².